The van der Waals surface area contributed by atoms with E-state index in [-0.39, 0.29) is 12.0 Å². The predicted molar refractivity (Wildman–Crippen MR) is 73.4 cm³/mol. The maximum atomic E-state index is 12.1. The van der Waals surface area contributed by atoms with E-state index in [1.54, 1.807) is 0 Å². The predicted octanol–water partition coefficient (Wildman–Crippen LogP) is 1.63. The minimum absolute atomic E-state index is 0.222. The number of hydrogen-bond acceptors (Lipinski definition) is 3. The lowest BCUT2D eigenvalue weighted by molar-refractivity contribution is -0.142. The second-order valence-electron chi connectivity index (χ2n) is 4.98. The summed E-state index contributed by atoms with van der Waals surface area (Å²) in [6.07, 6.45) is 1.34. The molecule has 1 aliphatic carbocycles. The lowest BCUT2D eigenvalue weighted by Crippen LogP contribution is -2.29. The summed E-state index contributed by atoms with van der Waals surface area (Å²) in [4.78, 5) is 30.4. The Morgan fingerprint density at radius 1 is 1.30 bits per heavy atom. The SMILES string of the molecule is O=C(O)[C@@H]1CCc2nc(-c3ccccc3)[nH]c(=O)c2C1. The summed E-state index contributed by atoms with van der Waals surface area (Å²) in [6.45, 7) is 0. The summed E-state index contributed by atoms with van der Waals surface area (Å²) in [5, 5.41) is 9.05. The Morgan fingerprint density at radius 2 is 2.05 bits per heavy atom. The average Bonchev–Trinajstić information content (AvgIpc) is 2.47. The van der Waals surface area contributed by atoms with Crippen LogP contribution < -0.4 is 5.56 Å². The van der Waals surface area contributed by atoms with Crippen molar-refractivity contribution in [1.29, 1.82) is 0 Å². The van der Waals surface area contributed by atoms with Crippen LogP contribution in [0.15, 0.2) is 35.1 Å². The molecular weight excluding hydrogens is 256 g/mol. The number of nitrogens with one attached hydrogen (secondary N) is 1. The molecule has 1 atom stereocenters. The maximum Gasteiger partial charge on any atom is 0.306 e. The molecule has 0 bridgehead atoms. The van der Waals surface area contributed by atoms with Crippen LogP contribution in [-0.2, 0) is 17.6 Å². The summed E-state index contributed by atoms with van der Waals surface area (Å²) in [7, 11) is 0. The highest BCUT2D eigenvalue weighted by atomic mass is 16.4. The van der Waals surface area contributed by atoms with Gasteiger partial charge in [-0.05, 0) is 19.3 Å². The van der Waals surface area contributed by atoms with Crippen LogP contribution in [0, 0.1) is 5.92 Å². The summed E-state index contributed by atoms with van der Waals surface area (Å²) in [5.41, 5.74) is 1.88. The average molecular weight is 270 g/mol. The first-order chi connectivity index (χ1) is 9.65. The first kappa shape index (κ1) is 12.6. The van der Waals surface area contributed by atoms with E-state index < -0.39 is 11.9 Å². The molecule has 0 saturated heterocycles. The minimum atomic E-state index is -0.845. The number of aliphatic carboxylic acids is 1. The van der Waals surface area contributed by atoms with Gasteiger partial charge in [0.15, 0.2) is 0 Å². The molecule has 5 heteroatoms. The number of fused-ring (bicyclic) bond motifs is 1. The number of hydrogen-bond donors (Lipinski definition) is 2. The molecule has 0 spiro atoms. The normalized spacial score (nSPS) is 17.5. The quantitative estimate of drug-likeness (QED) is 0.868. The Labute approximate surface area is 115 Å². The molecule has 0 aliphatic heterocycles. The maximum absolute atomic E-state index is 12.1. The largest absolute Gasteiger partial charge is 0.481 e. The second-order valence-corrected chi connectivity index (χ2v) is 4.98. The molecule has 20 heavy (non-hydrogen) atoms. The Hall–Kier alpha value is -2.43. The molecule has 0 saturated carbocycles. The number of aromatic amines is 1. The van der Waals surface area contributed by atoms with Crippen molar-refractivity contribution in [2.24, 2.45) is 5.92 Å². The molecule has 1 aromatic heterocycles. The topological polar surface area (TPSA) is 83.0 Å². The standard InChI is InChI=1S/C15H14N2O3/c18-14-11-8-10(15(19)20)6-7-12(11)16-13(17-14)9-4-2-1-3-5-9/h1-5,10H,6-8H2,(H,19,20)(H,16,17,18)/t10-/m1/s1. The van der Waals surface area contributed by atoms with Crippen molar-refractivity contribution in [3.05, 3.63) is 51.9 Å². The highest BCUT2D eigenvalue weighted by Crippen LogP contribution is 2.23. The fraction of sp³-hybridized carbons (Fsp3) is 0.267. The molecule has 102 valence electrons. The van der Waals surface area contributed by atoms with E-state index in [1.165, 1.54) is 0 Å². The third kappa shape index (κ3) is 2.22. The molecule has 1 aliphatic rings. The van der Waals surface area contributed by atoms with Crippen LogP contribution in [0.1, 0.15) is 17.7 Å². The van der Waals surface area contributed by atoms with Crippen molar-refractivity contribution in [3.63, 3.8) is 0 Å². The Kier molecular flexibility index (Phi) is 3.10. The molecule has 0 fully saturated rings. The minimum Gasteiger partial charge on any atom is -0.481 e. The Morgan fingerprint density at radius 3 is 2.75 bits per heavy atom. The van der Waals surface area contributed by atoms with Crippen LogP contribution in [0.4, 0.5) is 0 Å². The van der Waals surface area contributed by atoms with E-state index in [2.05, 4.69) is 9.97 Å². The first-order valence-electron chi connectivity index (χ1n) is 6.55. The van der Waals surface area contributed by atoms with Gasteiger partial charge in [-0.2, -0.15) is 0 Å². The molecule has 1 heterocycles. The second kappa shape index (κ2) is 4.92. The van der Waals surface area contributed by atoms with Gasteiger partial charge in [0.05, 0.1) is 11.6 Å². The highest BCUT2D eigenvalue weighted by Gasteiger charge is 2.27. The van der Waals surface area contributed by atoms with Crippen molar-refractivity contribution >= 4 is 5.97 Å². The van der Waals surface area contributed by atoms with E-state index in [0.717, 1.165) is 11.3 Å². The van der Waals surface area contributed by atoms with E-state index >= 15 is 0 Å². The highest BCUT2D eigenvalue weighted by molar-refractivity contribution is 5.71. The van der Waals surface area contributed by atoms with Crippen molar-refractivity contribution in [1.82, 2.24) is 9.97 Å². The summed E-state index contributed by atoms with van der Waals surface area (Å²) >= 11 is 0. The molecular formula is C15H14N2O3. The number of nitrogens with zero attached hydrogens (tertiary/aromatic N) is 1. The fourth-order valence-electron chi connectivity index (χ4n) is 2.56. The van der Waals surface area contributed by atoms with Crippen LogP contribution >= 0.6 is 0 Å². The third-order valence-electron chi connectivity index (χ3n) is 3.68. The van der Waals surface area contributed by atoms with Crippen LogP contribution in [0.25, 0.3) is 11.4 Å². The number of carboxylic acid groups (broad SMARTS) is 1. The third-order valence-corrected chi connectivity index (χ3v) is 3.68. The molecule has 0 radical (unpaired) electrons. The number of carbonyl (C=O) groups is 1. The van der Waals surface area contributed by atoms with Crippen molar-refractivity contribution < 1.29 is 9.90 Å². The zero-order chi connectivity index (χ0) is 14.1. The lowest BCUT2D eigenvalue weighted by Gasteiger charge is -2.20. The smallest absolute Gasteiger partial charge is 0.306 e. The molecule has 1 aromatic carbocycles. The zero-order valence-electron chi connectivity index (χ0n) is 10.8. The van der Waals surface area contributed by atoms with Gasteiger partial charge in [-0.3, -0.25) is 9.59 Å². The number of aromatic nitrogens is 2. The summed E-state index contributed by atoms with van der Waals surface area (Å²) in [5.74, 6) is -0.779. The van der Waals surface area contributed by atoms with Crippen LogP contribution in [-0.4, -0.2) is 21.0 Å². The van der Waals surface area contributed by atoms with E-state index in [4.69, 9.17) is 5.11 Å². The number of aryl methyl sites for hydroxylation is 1. The van der Waals surface area contributed by atoms with Gasteiger partial charge >= 0.3 is 5.97 Å². The van der Waals surface area contributed by atoms with E-state index in [1.807, 2.05) is 30.3 Å². The molecule has 5 nitrogen and oxygen atoms in total. The Balaban J connectivity index is 2.03. The van der Waals surface area contributed by atoms with Gasteiger partial charge in [-0.1, -0.05) is 30.3 Å². The van der Waals surface area contributed by atoms with Gasteiger partial charge in [0.25, 0.3) is 5.56 Å². The number of H-pyrrole nitrogens is 1. The Bertz CT molecular complexity index is 707. The molecule has 0 unspecified atom stereocenters. The van der Waals surface area contributed by atoms with Gasteiger partial charge in [-0.25, -0.2) is 4.98 Å². The lowest BCUT2D eigenvalue weighted by atomic mass is 9.87. The van der Waals surface area contributed by atoms with Crippen LogP contribution in [0.2, 0.25) is 0 Å². The van der Waals surface area contributed by atoms with Gasteiger partial charge in [-0.15, -0.1) is 0 Å². The van der Waals surface area contributed by atoms with Crippen molar-refractivity contribution in [2.45, 2.75) is 19.3 Å². The van der Waals surface area contributed by atoms with Gasteiger partial charge in [0.1, 0.15) is 5.82 Å². The fourth-order valence-corrected chi connectivity index (χ4v) is 2.56. The molecule has 2 N–H and O–H groups in total. The van der Waals surface area contributed by atoms with Crippen molar-refractivity contribution in [2.75, 3.05) is 0 Å². The molecule has 3 rings (SSSR count). The van der Waals surface area contributed by atoms with Crippen LogP contribution in [0.5, 0.6) is 0 Å². The number of carboxylic acids is 1. The van der Waals surface area contributed by atoms with Gasteiger partial charge in [0, 0.05) is 11.1 Å². The van der Waals surface area contributed by atoms with Gasteiger partial charge < -0.3 is 10.1 Å². The first-order valence-corrected chi connectivity index (χ1v) is 6.55. The van der Waals surface area contributed by atoms with E-state index in [0.29, 0.717) is 24.2 Å². The summed E-state index contributed by atoms with van der Waals surface area (Å²) in [6, 6.07) is 9.43. The zero-order valence-corrected chi connectivity index (χ0v) is 10.8. The van der Waals surface area contributed by atoms with Crippen molar-refractivity contribution in [3.8, 4) is 11.4 Å². The molecule has 0 amide bonds. The number of benzene rings is 1. The number of rotatable bonds is 2. The summed E-state index contributed by atoms with van der Waals surface area (Å²) < 4.78 is 0. The van der Waals surface area contributed by atoms with Gasteiger partial charge in [0.2, 0.25) is 0 Å². The van der Waals surface area contributed by atoms with E-state index in [9.17, 15) is 9.59 Å². The van der Waals surface area contributed by atoms with Crippen LogP contribution in [0.3, 0.4) is 0 Å². The molecule has 2 aromatic rings. The monoisotopic (exact) mass is 270 g/mol.